The second kappa shape index (κ2) is 5.31. The lowest BCUT2D eigenvalue weighted by molar-refractivity contribution is -0.286. The number of anilines is 1. The van der Waals surface area contributed by atoms with Crippen LogP contribution in [0.4, 0.5) is 14.5 Å². The maximum absolute atomic E-state index is 13.0. The molecular formula is C14H17F2NO4. The molecule has 1 aliphatic heterocycles. The summed E-state index contributed by atoms with van der Waals surface area (Å²) in [4.78, 5) is 0. The van der Waals surface area contributed by atoms with Crippen molar-refractivity contribution in [2.24, 2.45) is 0 Å². The highest BCUT2D eigenvalue weighted by Gasteiger charge is 2.44. The normalized spacial score (nSPS) is 29.0. The molecule has 7 heteroatoms. The summed E-state index contributed by atoms with van der Waals surface area (Å²) in [5.74, 6) is 0.0642. The summed E-state index contributed by atoms with van der Waals surface area (Å²) in [6.07, 6.45) is -2.78. The van der Waals surface area contributed by atoms with Crippen molar-refractivity contribution in [2.45, 2.75) is 37.9 Å². The van der Waals surface area contributed by atoms with E-state index in [2.05, 4.69) is 14.8 Å². The van der Waals surface area contributed by atoms with Crippen LogP contribution in [0.25, 0.3) is 0 Å². The third kappa shape index (κ3) is 2.75. The molecule has 1 aromatic carbocycles. The van der Waals surface area contributed by atoms with Gasteiger partial charge in [-0.2, -0.15) is 0 Å². The predicted molar refractivity (Wildman–Crippen MR) is 70.9 cm³/mol. The first-order chi connectivity index (χ1) is 10.0. The highest BCUT2D eigenvalue weighted by atomic mass is 19.3. The molecule has 1 aromatic rings. The first-order valence-corrected chi connectivity index (χ1v) is 6.83. The van der Waals surface area contributed by atoms with Gasteiger partial charge in [-0.25, -0.2) is 0 Å². The Hall–Kier alpha value is -1.60. The fraction of sp³-hybridized carbons (Fsp3) is 0.571. The van der Waals surface area contributed by atoms with Gasteiger partial charge in [-0.1, -0.05) is 0 Å². The van der Waals surface area contributed by atoms with Crippen LogP contribution in [0.2, 0.25) is 0 Å². The van der Waals surface area contributed by atoms with E-state index in [0.29, 0.717) is 12.3 Å². The Kier molecular flexibility index (Phi) is 3.62. The number of fused-ring (bicyclic) bond motifs is 1. The number of hydrogen-bond acceptors (Lipinski definition) is 5. The zero-order chi connectivity index (χ0) is 15.0. The van der Waals surface area contributed by atoms with Gasteiger partial charge < -0.3 is 24.3 Å². The van der Waals surface area contributed by atoms with E-state index in [1.54, 1.807) is 13.2 Å². The first-order valence-electron chi connectivity index (χ1n) is 6.83. The van der Waals surface area contributed by atoms with Gasteiger partial charge in [-0.3, -0.25) is 0 Å². The third-order valence-corrected chi connectivity index (χ3v) is 3.66. The van der Waals surface area contributed by atoms with Crippen molar-refractivity contribution in [3.8, 4) is 11.5 Å². The Labute approximate surface area is 121 Å². The quantitative estimate of drug-likeness (QED) is 0.906. The van der Waals surface area contributed by atoms with E-state index in [1.165, 1.54) is 12.1 Å². The van der Waals surface area contributed by atoms with Gasteiger partial charge in [-0.15, -0.1) is 8.78 Å². The second-order valence-corrected chi connectivity index (χ2v) is 5.01. The zero-order valence-electron chi connectivity index (χ0n) is 11.8. The first kappa shape index (κ1) is 14.3. The lowest BCUT2D eigenvalue weighted by Crippen LogP contribution is -2.56. The van der Waals surface area contributed by atoms with Crippen LogP contribution in [0, 0.1) is 0 Å². The zero-order valence-corrected chi connectivity index (χ0v) is 11.8. The average Bonchev–Trinajstić information content (AvgIpc) is 2.71. The van der Waals surface area contributed by atoms with Crippen LogP contribution in [-0.4, -0.2) is 38.3 Å². The molecule has 116 valence electrons. The second-order valence-electron chi connectivity index (χ2n) is 5.01. The van der Waals surface area contributed by atoms with Gasteiger partial charge in [0.05, 0.1) is 12.1 Å². The molecule has 0 aromatic heterocycles. The van der Waals surface area contributed by atoms with Crippen molar-refractivity contribution in [3.05, 3.63) is 18.2 Å². The summed E-state index contributed by atoms with van der Waals surface area (Å²) >= 11 is 0. The van der Waals surface area contributed by atoms with Crippen LogP contribution in [0.15, 0.2) is 18.2 Å². The SMILES string of the molecule is CCOC1CC(Nc2ccc3c(c2)OC(F)(F)O3)C1OC. The Morgan fingerprint density at radius 3 is 2.81 bits per heavy atom. The summed E-state index contributed by atoms with van der Waals surface area (Å²) in [6, 6.07) is 4.70. The lowest BCUT2D eigenvalue weighted by Gasteiger charge is -2.43. The summed E-state index contributed by atoms with van der Waals surface area (Å²) in [7, 11) is 1.63. The molecule has 0 amide bonds. The number of ether oxygens (including phenoxy) is 4. The Bertz CT molecular complexity index is 526. The molecule has 2 aliphatic rings. The monoisotopic (exact) mass is 301 g/mol. The fourth-order valence-corrected chi connectivity index (χ4v) is 2.67. The van der Waals surface area contributed by atoms with Gasteiger partial charge in [0, 0.05) is 25.5 Å². The fourth-order valence-electron chi connectivity index (χ4n) is 2.67. The van der Waals surface area contributed by atoms with Crippen molar-refractivity contribution < 1.29 is 27.7 Å². The van der Waals surface area contributed by atoms with Crippen molar-refractivity contribution in [1.29, 1.82) is 0 Å². The molecule has 0 saturated heterocycles. The molecule has 21 heavy (non-hydrogen) atoms. The van der Waals surface area contributed by atoms with Gasteiger partial charge in [-0.05, 0) is 25.5 Å². The minimum atomic E-state index is -3.59. The molecule has 3 atom stereocenters. The summed E-state index contributed by atoms with van der Waals surface area (Å²) in [5, 5.41) is 3.24. The highest BCUT2D eigenvalue weighted by molar-refractivity contribution is 5.56. The molecule has 1 fully saturated rings. The number of nitrogens with one attached hydrogen (secondary N) is 1. The number of alkyl halides is 2. The maximum Gasteiger partial charge on any atom is 0.586 e. The maximum atomic E-state index is 13.0. The van der Waals surface area contributed by atoms with E-state index in [4.69, 9.17) is 9.47 Å². The molecule has 1 heterocycles. The Morgan fingerprint density at radius 1 is 1.33 bits per heavy atom. The van der Waals surface area contributed by atoms with Gasteiger partial charge in [0.25, 0.3) is 0 Å². The number of rotatable bonds is 5. The van der Waals surface area contributed by atoms with E-state index in [-0.39, 0.29) is 29.7 Å². The molecule has 5 nitrogen and oxygen atoms in total. The van der Waals surface area contributed by atoms with E-state index in [1.807, 2.05) is 6.92 Å². The Balaban J connectivity index is 1.65. The average molecular weight is 301 g/mol. The smallest absolute Gasteiger partial charge is 0.395 e. The van der Waals surface area contributed by atoms with Crippen LogP contribution in [0.1, 0.15) is 13.3 Å². The van der Waals surface area contributed by atoms with Gasteiger partial charge in [0.15, 0.2) is 11.5 Å². The van der Waals surface area contributed by atoms with E-state index in [0.717, 1.165) is 6.42 Å². The molecule has 1 aliphatic carbocycles. The lowest BCUT2D eigenvalue weighted by atomic mass is 9.85. The van der Waals surface area contributed by atoms with Crippen LogP contribution in [0.5, 0.6) is 11.5 Å². The molecule has 0 radical (unpaired) electrons. The van der Waals surface area contributed by atoms with Crippen LogP contribution < -0.4 is 14.8 Å². The van der Waals surface area contributed by atoms with Crippen molar-refractivity contribution in [1.82, 2.24) is 0 Å². The van der Waals surface area contributed by atoms with Crippen molar-refractivity contribution in [2.75, 3.05) is 19.0 Å². The van der Waals surface area contributed by atoms with E-state index < -0.39 is 6.29 Å². The molecule has 3 rings (SSSR count). The van der Waals surface area contributed by atoms with Gasteiger partial charge in [0.1, 0.15) is 6.10 Å². The summed E-state index contributed by atoms with van der Waals surface area (Å²) in [6.45, 7) is 2.57. The summed E-state index contributed by atoms with van der Waals surface area (Å²) < 4.78 is 45.6. The molecule has 0 bridgehead atoms. The number of hydrogen-bond donors (Lipinski definition) is 1. The van der Waals surface area contributed by atoms with Gasteiger partial charge >= 0.3 is 6.29 Å². The van der Waals surface area contributed by atoms with Crippen molar-refractivity contribution in [3.63, 3.8) is 0 Å². The third-order valence-electron chi connectivity index (χ3n) is 3.66. The molecule has 1 saturated carbocycles. The molecule has 3 unspecified atom stereocenters. The Morgan fingerprint density at radius 2 is 2.10 bits per heavy atom. The number of methoxy groups -OCH3 is 1. The molecular weight excluding hydrogens is 284 g/mol. The highest BCUT2D eigenvalue weighted by Crippen LogP contribution is 2.42. The topological polar surface area (TPSA) is 49.0 Å². The molecule has 1 N–H and O–H groups in total. The van der Waals surface area contributed by atoms with Crippen LogP contribution in [0.3, 0.4) is 0 Å². The van der Waals surface area contributed by atoms with E-state index in [9.17, 15) is 8.78 Å². The van der Waals surface area contributed by atoms with Crippen LogP contribution >= 0.6 is 0 Å². The molecule has 0 spiro atoms. The minimum Gasteiger partial charge on any atom is -0.395 e. The van der Waals surface area contributed by atoms with Gasteiger partial charge in [0.2, 0.25) is 0 Å². The minimum absolute atomic E-state index is 0.0275. The van der Waals surface area contributed by atoms with Crippen molar-refractivity contribution >= 4 is 5.69 Å². The standard InChI is InChI=1S/C14H17F2NO4/c1-3-19-12-7-9(13(12)18-2)17-8-4-5-10-11(6-8)21-14(15,16)20-10/h4-6,9,12-13,17H,3,7H2,1-2H3. The number of benzene rings is 1. The van der Waals surface area contributed by atoms with Crippen LogP contribution in [-0.2, 0) is 9.47 Å². The number of halogens is 2. The predicted octanol–water partition coefficient (Wildman–Crippen LogP) is 2.61. The summed E-state index contributed by atoms with van der Waals surface area (Å²) in [5.41, 5.74) is 0.678. The van der Waals surface area contributed by atoms with E-state index >= 15 is 0 Å². The largest absolute Gasteiger partial charge is 0.586 e.